The van der Waals surface area contributed by atoms with Crippen molar-refractivity contribution in [3.8, 4) is 5.75 Å². The zero-order valence-corrected chi connectivity index (χ0v) is 20.0. The van der Waals surface area contributed by atoms with E-state index in [1.54, 1.807) is 31.2 Å². The highest BCUT2D eigenvalue weighted by molar-refractivity contribution is 7.92. The summed E-state index contributed by atoms with van der Waals surface area (Å²) >= 11 is 0. The highest BCUT2D eigenvalue weighted by atomic mass is 32.2. The van der Waals surface area contributed by atoms with E-state index in [9.17, 15) is 12.8 Å². The van der Waals surface area contributed by atoms with Crippen molar-refractivity contribution in [1.29, 1.82) is 0 Å². The predicted molar refractivity (Wildman–Crippen MR) is 131 cm³/mol. The molecule has 0 aliphatic carbocycles. The molecular weight excluding hydrogens is 457 g/mol. The van der Waals surface area contributed by atoms with E-state index >= 15 is 0 Å². The molecule has 0 atom stereocenters. The molecule has 3 aromatic rings. The Morgan fingerprint density at radius 3 is 2.38 bits per heavy atom. The van der Waals surface area contributed by atoms with Crippen LogP contribution < -0.4 is 19.7 Å². The monoisotopic (exact) mass is 485 g/mol. The van der Waals surface area contributed by atoms with Gasteiger partial charge in [-0.05, 0) is 75.6 Å². The maximum absolute atomic E-state index is 14.1. The summed E-state index contributed by atoms with van der Waals surface area (Å²) in [6.45, 7) is 5.85. The first kappa shape index (κ1) is 23.7. The van der Waals surface area contributed by atoms with Crippen LogP contribution in [0.4, 0.5) is 27.5 Å². The fourth-order valence-electron chi connectivity index (χ4n) is 3.76. The topological polar surface area (TPSA) is 96.5 Å². The normalized spacial score (nSPS) is 14.0. The number of nitrogens with one attached hydrogen (secondary N) is 2. The van der Waals surface area contributed by atoms with Gasteiger partial charge in [0, 0.05) is 36.2 Å². The Labute approximate surface area is 199 Å². The van der Waals surface area contributed by atoms with Crippen LogP contribution in [-0.2, 0) is 10.0 Å². The Balaban J connectivity index is 1.45. The highest BCUT2D eigenvalue weighted by Crippen LogP contribution is 2.25. The molecule has 4 rings (SSSR count). The van der Waals surface area contributed by atoms with Crippen LogP contribution in [0.5, 0.6) is 5.75 Å². The molecule has 2 N–H and O–H groups in total. The van der Waals surface area contributed by atoms with Gasteiger partial charge in [0.05, 0.1) is 11.5 Å². The minimum Gasteiger partial charge on any atom is -0.491 e. The number of aromatic nitrogens is 2. The van der Waals surface area contributed by atoms with Crippen LogP contribution in [0.1, 0.15) is 31.9 Å². The summed E-state index contributed by atoms with van der Waals surface area (Å²) in [7, 11) is -3.96. The van der Waals surface area contributed by atoms with Gasteiger partial charge in [0.1, 0.15) is 5.82 Å². The fourth-order valence-corrected chi connectivity index (χ4v) is 4.83. The third-order valence-corrected chi connectivity index (χ3v) is 6.78. The van der Waals surface area contributed by atoms with Crippen molar-refractivity contribution < 1.29 is 17.5 Å². The molecule has 0 amide bonds. The largest absolute Gasteiger partial charge is 0.491 e. The lowest BCUT2D eigenvalue weighted by atomic mass is 10.1. The number of hydrogen-bond donors (Lipinski definition) is 2. The molecule has 2 heterocycles. The lowest BCUT2D eigenvalue weighted by Crippen LogP contribution is -2.31. The summed E-state index contributed by atoms with van der Waals surface area (Å²) in [6, 6.07) is 12.2. The first-order valence-corrected chi connectivity index (χ1v) is 12.8. The molecule has 1 fully saturated rings. The molecule has 1 aromatic heterocycles. The Bertz CT molecular complexity index is 1250. The zero-order valence-electron chi connectivity index (χ0n) is 19.2. The molecule has 1 aliphatic rings. The fraction of sp³-hybridized carbons (Fsp3) is 0.333. The van der Waals surface area contributed by atoms with Gasteiger partial charge in [0.15, 0.2) is 11.6 Å². The van der Waals surface area contributed by atoms with Gasteiger partial charge in [-0.3, -0.25) is 4.72 Å². The number of aryl methyl sites for hydroxylation is 1. The Morgan fingerprint density at radius 1 is 1.00 bits per heavy atom. The van der Waals surface area contributed by atoms with Crippen molar-refractivity contribution in [2.24, 2.45) is 0 Å². The van der Waals surface area contributed by atoms with Crippen LogP contribution in [0.25, 0.3) is 0 Å². The van der Waals surface area contributed by atoms with Gasteiger partial charge in [-0.2, -0.15) is 4.98 Å². The SMILES string of the molecule is CCOc1ccc(S(=O)(=O)Nc2ccc(Nc3cc(C)nc(N4CCCCC4)n3)cc2)cc1F. The molecule has 180 valence electrons. The molecule has 0 spiro atoms. The molecular formula is C24H28FN5O3S. The second-order valence-corrected chi connectivity index (χ2v) is 9.76. The van der Waals surface area contributed by atoms with E-state index in [4.69, 9.17) is 4.74 Å². The Morgan fingerprint density at radius 2 is 1.71 bits per heavy atom. The van der Waals surface area contributed by atoms with Crippen LogP contribution in [0.15, 0.2) is 53.4 Å². The van der Waals surface area contributed by atoms with Crippen molar-refractivity contribution in [3.63, 3.8) is 0 Å². The van der Waals surface area contributed by atoms with Crippen molar-refractivity contribution in [1.82, 2.24) is 9.97 Å². The summed E-state index contributed by atoms with van der Waals surface area (Å²) in [5.41, 5.74) is 1.97. The van der Waals surface area contributed by atoms with E-state index in [1.807, 2.05) is 13.0 Å². The van der Waals surface area contributed by atoms with E-state index in [0.29, 0.717) is 17.5 Å². The van der Waals surface area contributed by atoms with Crippen molar-refractivity contribution >= 4 is 33.2 Å². The van der Waals surface area contributed by atoms with Gasteiger partial charge in [-0.15, -0.1) is 0 Å². The molecule has 10 heteroatoms. The summed E-state index contributed by atoms with van der Waals surface area (Å²) in [6.07, 6.45) is 3.51. The number of nitrogens with zero attached hydrogens (tertiary/aromatic N) is 3. The van der Waals surface area contributed by atoms with E-state index < -0.39 is 15.8 Å². The number of benzene rings is 2. The smallest absolute Gasteiger partial charge is 0.262 e. The molecule has 2 aromatic carbocycles. The number of ether oxygens (including phenoxy) is 1. The minimum atomic E-state index is -3.96. The standard InChI is InChI=1S/C24H28FN5O3S/c1-3-33-22-12-11-20(16-21(22)25)34(31,32)29-19-9-7-18(8-10-19)27-23-15-17(2)26-24(28-23)30-13-5-4-6-14-30/h7-12,15-16,29H,3-6,13-14H2,1-2H3,(H,26,27,28). The van der Waals surface area contributed by atoms with Crippen LogP contribution >= 0.6 is 0 Å². The average Bonchev–Trinajstić information content (AvgIpc) is 2.82. The van der Waals surface area contributed by atoms with Crippen LogP contribution in [0, 0.1) is 12.7 Å². The third-order valence-electron chi connectivity index (χ3n) is 5.40. The Kier molecular flexibility index (Phi) is 7.16. The summed E-state index contributed by atoms with van der Waals surface area (Å²) in [4.78, 5) is 11.2. The van der Waals surface area contributed by atoms with Crippen LogP contribution in [0.3, 0.4) is 0 Å². The van der Waals surface area contributed by atoms with Crippen molar-refractivity contribution in [2.75, 3.05) is 34.6 Å². The minimum absolute atomic E-state index is 0.0141. The predicted octanol–water partition coefficient (Wildman–Crippen LogP) is 4.86. The van der Waals surface area contributed by atoms with E-state index in [2.05, 4.69) is 24.9 Å². The van der Waals surface area contributed by atoms with Crippen LogP contribution in [-0.4, -0.2) is 38.1 Å². The quantitative estimate of drug-likeness (QED) is 0.470. The van der Waals surface area contributed by atoms with E-state index in [1.165, 1.54) is 18.6 Å². The van der Waals surface area contributed by atoms with E-state index in [-0.39, 0.29) is 17.3 Å². The molecule has 0 unspecified atom stereocenters. The van der Waals surface area contributed by atoms with Gasteiger partial charge < -0.3 is 15.0 Å². The number of rotatable bonds is 8. The molecule has 1 saturated heterocycles. The lowest BCUT2D eigenvalue weighted by molar-refractivity contribution is 0.321. The average molecular weight is 486 g/mol. The molecule has 0 radical (unpaired) electrons. The number of piperidine rings is 1. The van der Waals surface area contributed by atoms with Crippen LogP contribution in [0.2, 0.25) is 0 Å². The lowest BCUT2D eigenvalue weighted by Gasteiger charge is -2.27. The first-order chi connectivity index (χ1) is 16.3. The van der Waals surface area contributed by atoms with E-state index in [0.717, 1.165) is 43.4 Å². The maximum Gasteiger partial charge on any atom is 0.262 e. The summed E-state index contributed by atoms with van der Waals surface area (Å²) < 4.78 is 47.0. The first-order valence-electron chi connectivity index (χ1n) is 11.3. The number of sulfonamides is 1. The number of halogens is 1. The second kappa shape index (κ2) is 10.3. The molecule has 1 aliphatic heterocycles. The Hall–Kier alpha value is -3.40. The van der Waals surface area contributed by atoms with Crippen molar-refractivity contribution in [2.45, 2.75) is 38.0 Å². The molecule has 0 bridgehead atoms. The molecule has 0 saturated carbocycles. The summed E-state index contributed by atoms with van der Waals surface area (Å²) in [5.74, 6) is 0.675. The highest BCUT2D eigenvalue weighted by Gasteiger charge is 2.18. The van der Waals surface area contributed by atoms with Crippen molar-refractivity contribution in [3.05, 3.63) is 60.0 Å². The zero-order chi connectivity index (χ0) is 24.1. The molecule has 34 heavy (non-hydrogen) atoms. The van der Waals surface area contributed by atoms with Gasteiger partial charge >= 0.3 is 0 Å². The van der Waals surface area contributed by atoms with Gasteiger partial charge in [0.25, 0.3) is 10.0 Å². The van der Waals surface area contributed by atoms with Gasteiger partial charge in [-0.25, -0.2) is 17.8 Å². The maximum atomic E-state index is 14.1. The second-order valence-electron chi connectivity index (χ2n) is 8.08. The van der Waals surface area contributed by atoms with Gasteiger partial charge in [-0.1, -0.05) is 0 Å². The number of hydrogen-bond acceptors (Lipinski definition) is 7. The third kappa shape index (κ3) is 5.74. The van der Waals surface area contributed by atoms with Gasteiger partial charge in [0.2, 0.25) is 5.95 Å². The summed E-state index contributed by atoms with van der Waals surface area (Å²) in [5, 5.41) is 3.25. The number of anilines is 4. The molecule has 8 nitrogen and oxygen atoms in total.